The second kappa shape index (κ2) is 12.9. The zero-order chi connectivity index (χ0) is 22.5. The van der Waals surface area contributed by atoms with Gasteiger partial charge in [-0.05, 0) is 61.6 Å². The molecule has 31 heavy (non-hydrogen) atoms. The zero-order valence-electron chi connectivity index (χ0n) is 17.8. The van der Waals surface area contributed by atoms with Gasteiger partial charge in [0.05, 0.1) is 13.2 Å². The lowest BCUT2D eigenvalue weighted by atomic mass is 10.1. The number of hydrogen-bond acceptors (Lipinski definition) is 5. The summed E-state index contributed by atoms with van der Waals surface area (Å²) in [6.45, 7) is 9.52. The Bertz CT molecular complexity index is 908. The van der Waals surface area contributed by atoms with Gasteiger partial charge in [-0.1, -0.05) is 49.6 Å². The van der Waals surface area contributed by atoms with Crippen molar-refractivity contribution in [1.29, 1.82) is 0 Å². The van der Waals surface area contributed by atoms with Crippen LogP contribution in [0.15, 0.2) is 85.5 Å². The maximum absolute atomic E-state index is 11.6. The van der Waals surface area contributed by atoms with E-state index in [9.17, 15) is 9.59 Å². The summed E-state index contributed by atoms with van der Waals surface area (Å²) in [4.78, 5) is 22.5. The van der Waals surface area contributed by atoms with Crippen molar-refractivity contribution < 1.29 is 23.8 Å². The van der Waals surface area contributed by atoms with Gasteiger partial charge in [-0.15, -0.1) is 0 Å². The monoisotopic (exact) mass is 420 g/mol. The first-order valence-corrected chi connectivity index (χ1v) is 10.1. The molecular formula is C26H28O5. The Kier molecular flexibility index (Phi) is 9.82. The van der Waals surface area contributed by atoms with Crippen LogP contribution in [-0.2, 0) is 14.3 Å². The largest absolute Gasteiger partial charge is 0.494 e. The molecule has 0 amide bonds. The SMILES string of the molecule is C=CC(=O)OCC/C=C/CCCOc1ccc(-c2ccc(OC(=O)C(=C)C)cc2)cc1. The quantitative estimate of drug-likeness (QED) is 0.146. The van der Waals surface area contributed by atoms with Crippen LogP contribution < -0.4 is 9.47 Å². The highest BCUT2D eigenvalue weighted by atomic mass is 16.5. The fourth-order valence-corrected chi connectivity index (χ4v) is 2.57. The molecule has 0 heterocycles. The Morgan fingerprint density at radius 2 is 1.45 bits per heavy atom. The summed E-state index contributed by atoms with van der Waals surface area (Å²) in [5.74, 6) is 0.479. The summed E-state index contributed by atoms with van der Waals surface area (Å²) in [6.07, 6.45) is 7.71. The van der Waals surface area contributed by atoms with E-state index in [4.69, 9.17) is 14.2 Å². The Morgan fingerprint density at radius 3 is 2.03 bits per heavy atom. The Morgan fingerprint density at radius 1 is 0.871 bits per heavy atom. The van der Waals surface area contributed by atoms with Crippen molar-refractivity contribution in [1.82, 2.24) is 0 Å². The minimum absolute atomic E-state index is 0.363. The maximum atomic E-state index is 11.6. The molecule has 162 valence electrons. The zero-order valence-corrected chi connectivity index (χ0v) is 17.8. The van der Waals surface area contributed by atoms with E-state index in [1.807, 2.05) is 42.5 Å². The van der Waals surface area contributed by atoms with Crippen LogP contribution in [0.5, 0.6) is 11.5 Å². The number of esters is 2. The lowest BCUT2D eigenvalue weighted by molar-refractivity contribution is -0.137. The molecule has 0 radical (unpaired) electrons. The molecule has 0 aliphatic rings. The summed E-state index contributed by atoms with van der Waals surface area (Å²) in [5.41, 5.74) is 2.43. The van der Waals surface area contributed by atoms with E-state index in [-0.39, 0.29) is 0 Å². The summed E-state index contributed by atoms with van der Waals surface area (Å²) < 4.78 is 15.9. The lowest BCUT2D eigenvalue weighted by Crippen LogP contribution is -2.07. The van der Waals surface area contributed by atoms with Gasteiger partial charge in [-0.25, -0.2) is 9.59 Å². The smallest absolute Gasteiger partial charge is 0.338 e. The van der Waals surface area contributed by atoms with Crippen molar-refractivity contribution in [3.63, 3.8) is 0 Å². The fraction of sp³-hybridized carbons (Fsp3) is 0.231. The van der Waals surface area contributed by atoms with E-state index in [1.54, 1.807) is 19.1 Å². The van der Waals surface area contributed by atoms with Crippen LogP contribution >= 0.6 is 0 Å². The predicted octanol–water partition coefficient (Wildman–Crippen LogP) is 5.67. The summed E-state index contributed by atoms with van der Waals surface area (Å²) in [6, 6.07) is 15.2. The third kappa shape index (κ3) is 8.74. The lowest BCUT2D eigenvalue weighted by Gasteiger charge is -2.08. The topological polar surface area (TPSA) is 61.8 Å². The van der Waals surface area contributed by atoms with Crippen LogP contribution in [-0.4, -0.2) is 25.2 Å². The van der Waals surface area contributed by atoms with E-state index >= 15 is 0 Å². The van der Waals surface area contributed by atoms with Crippen LogP contribution in [0.25, 0.3) is 11.1 Å². The molecule has 2 rings (SSSR count). The van der Waals surface area contributed by atoms with Gasteiger partial charge in [0.2, 0.25) is 0 Å². The van der Waals surface area contributed by atoms with Gasteiger partial charge < -0.3 is 14.2 Å². The Labute approximate surface area is 183 Å². The third-order valence-electron chi connectivity index (χ3n) is 4.25. The number of hydrogen-bond donors (Lipinski definition) is 0. The Hall–Kier alpha value is -3.60. The van der Waals surface area contributed by atoms with Gasteiger partial charge in [-0.2, -0.15) is 0 Å². The Balaban J connectivity index is 1.71. The minimum atomic E-state index is -0.432. The molecule has 0 unspecified atom stereocenters. The van der Waals surface area contributed by atoms with Crippen molar-refractivity contribution in [2.75, 3.05) is 13.2 Å². The third-order valence-corrected chi connectivity index (χ3v) is 4.25. The summed E-state index contributed by atoms with van der Waals surface area (Å²) in [5, 5.41) is 0. The molecule has 0 N–H and O–H groups in total. The van der Waals surface area contributed by atoms with Gasteiger partial charge in [-0.3, -0.25) is 0 Å². The average molecular weight is 421 g/mol. The van der Waals surface area contributed by atoms with E-state index in [1.165, 1.54) is 0 Å². The number of carbonyl (C=O) groups is 2. The van der Waals surface area contributed by atoms with Gasteiger partial charge in [0, 0.05) is 11.6 Å². The van der Waals surface area contributed by atoms with E-state index in [2.05, 4.69) is 19.2 Å². The van der Waals surface area contributed by atoms with Crippen molar-refractivity contribution in [3.05, 3.63) is 85.5 Å². The molecule has 0 aliphatic carbocycles. The van der Waals surface area contributed by atoms with Crippen LogP contribution in [0.2, 0.25) is 0 Å². The van der Waals surface area contributed by atoms with Gasteiger partial charge in [0.15, 0.2) is 0 Å². The number of allylic oxidation sites excluding steroid dienone is 1. The number of rotatable bonds is 12. The van der Waals surface area contributed by atoms with E-state index in [0.717, 1.165) is 35.8 Å². The van der Waals surface area contributed by atoms with Crippen LogP contribution in [0.1, 0.15) is 26.2 Å². The minimum Gasteiger partial charge on any atom is -0.494 e. The van der Waals surface area contributed by atoms with Crippen LogP contribution in [0, 0.1) is 0 Å². The molecule has 0 spiro atoms. The molecule has 0 fully saturated rings. The van der Waals surface area contributed by atoms with Crippen LogP contribution in [0.4, 0.5) is 0 Å². The highest BCUT2D eigenvalue weighted by Gasteiger charge is 2.06. The first kappa shape index (κ1) is 23.7. The fourth-order valence-electron chi connectivity index (χ4n) is 2.57. The second-order valence-electron chi connectivity index (χ2n) is 6.84. The highest BCUT2D eigenvalue weighted by Crippen LogP contribution is 2.25. The molecule has 0 saturated carbocycles. The van der Waals surface area contributed by atoms with E-state index < -0.39 is 11.9 Å². The maximum Gasteiger partial charge on any atom is 0.338 e. The molecule has 0 saturated heterocycles. The molecule has 5 nitrogen and oxygen atoms in total. The number of unbranched alkanes of at least 4 members (excludes halogenated alkanes) is 1. The normalized spacial score (nSPS) is 10.5. The number of ether oxygens (including phenoxy) is 3. The summed E-state index contributed by atoms with van der Waals surface area (Å²) in [7, 11) is 0. The van der Waals surface area contributed by atoms with Crippen molar-refractivity contribution in [2.24, 2.45) is 0 Å². The molecular weight excluding hydrogens is 392 g/mol. The predicted molar refractivity (Wildman–Crippen MR) is 122 cm³/mol. The standard InChI is InChI=1S/C26H28O5/c1-4-25(27)30-19-9-7-5-6-8-18-29-23-14-10-21(11-15-23)22-12-16-24(17-13-22)31-26(28)20(2)3/h4-5,7,10-17H,1-2,6,8-9,18-19H2,3H3/b7-5+. The first-order chi connectivity index (χ1) is 15.0. The molecule has 0 atom stereocenters. The number of benzene rings is 2. The van der Waals surface area contributed by atoms with Gasteiger partial charge >= 0.3 is 11.9 Å². The van der Waals surface area contributed by atoms with Crippen molar-refractivity contribution in [3.8, 4) is 22.6 Å². The number of carbonyl (C=O) groups excluding carboxylic acids is 2. The first-order valence-electron chi connectivity index (χ1n) is 10.1. The molecule has 0 aliphatic heterocycles. The molecule has 0 aromatic heterocycles. The second-order valence-corrected chi connectivity index (χ2v) is 6.84. The van der Waals surface area contributed by atoms with Gasteiger partial charge in [0.25, 0.3) is 0 Å². The van der Waals surface area contributed by atoms with E-state index in [0.29, 0.717) is 31.0 Å². The molecule has 0 bridgehead atoms. The highest BCUT2D eigenvalue weighted by molar-refractivity contribution is 5.88. The average Bonchev–Trinajstić information content (AvgIpc) is 2.78. The summed E-state index contributed by atoms with van der Waals surface area (Å²) >= 11 is 0. The van der Waals surface area contributed by atoms with Crippen LogP contribution in [0.3, 0.4) is 0 Å². The van der Waals surface area contributed by atoms with Gasteiger partial charge in [0.1, 0.15) is 11.5 Å². The molecule has 2 aromatic rings. The molecule has 2 aromatic carbocycles. The van der Waals surface area contributed by atoms with Crippen molar-refractivity contribution in [2.45, 2.75) is 26.2 Å². The van der Waals surface area contributed by atoms with Crippen molar-refractivity contribution >= 4 is 11.9 Å². The molecule has 5 heteroatoms.